The third kappa shape index (κ3) is 8.22. The highest BCUT2D eigenvalue weighted by Crippen LogP contribution is 2.35. The molecular formula is C34H22F8N6O8. The Kier molecular flexibility index (Phi) is 11.0. The molecule has 6 rings (SSSR count). The van der Waals surface area contributed by atoms with Gasteiger partial charge in [0.1, 0.15) is 17.2 Å². The summed E-state index contributed by atoms with van der Waals surface area (Å²) in [6.45, 7) is 0. The predicted octanol–water partition coefficient (Wildman–Crippen LogP) is 7.73. The minimum Gasteiger partial charge on any atom is -0.467 e. The maximum atomic E-state index is 13.9. The minimum absolute atomic E-state index is 0.0350. The number of methoxy groups -OCH3 is 2. The van der Waals surface area contributed by atoms with Crippen LogP contribution >= 0.6 is 0 Å². The number of ether oxygens (including phenoxy) is 2. The minimum atomic E-state index is -4.57. The van der Waals surface area contributed by atoms with E-state index in [1.165, 1.54) is 0 Å². The molecule has 6 aromatic rings. The highest BCUT2D eigenvalue weighted by Gasteiger charge is 2.34. The average Bonchev–Trinajstić information content (AvgIpc) is 3.75. The molecule has 0 amide bonds. The van der Waals surface area contributed by atoms with Crippen molar-refractivity contribution in [3.05, 3.63) is 139 Å². The van der Waals surface area contributed by atoms with Crippen LogP contribution in [0, 0.1) is 31.9 Å². The number of fused-ring (bicyclic) bond motifs is 2. The van der Waals surface area contributed by atoms with Gasteiger partial charge in [0.05, 0.1) is 69.8 Å². The first kappa shape index (κ1) is 40.2. The second-order valence-electron chi connectivity index (χ2n) is 11.5. The molecule has 0 bridgehead atoms. The van der Waals surface area contributed by atoms with Gasteiger partial charge in [-0.25, -0.2) is 23.1 Å². The molecule has 292 valence electrons. The van der Waals surface area contributed by atoms with E-state index in [2.05, 4.69) is 14.9 Å². The molecule has 4 aromatic carbocycles. The maximum Gasteiger partial charge on any atom is 0.416 e. The molecule has 2 heterocycles. The highest BCUT2D eigenvalue weighted by molar-refractivity contribution is 5.90. The van der Waals surface area contributed by atoms with E-state index in [4.69, 9.17) is 4.74 Å². The smallest absolute Gasteiger partial charge is 0.416 e. The first-order valence-corrected chi connectivity index (χ1v) is 15.4. The van der Waals surface area contributed by atoms with Gasteiger partial charge in [0.25, 0.3) is 11.4 Å². The number of hydrogen-bond acceptors (Lipinski definition) is 10. The summed E-state index contributed by atoms with van der Waals surface area (Å²) in [6.07, 6.45) is -6.90. The third-order valence-corrected chi connectivity index (χ3v) is 8.10. The summed E-state index contributed by atoms with van der Waals surface area (Å²) in [4.78, 5) is 45.2. The lowest BCUT2D eigenvalue weighted by atomic mass is 10.0. The molecule has 2 aromatic heterocycles. The molecule has 0 radical (unpaired) electrons. The molecule has 0 saturated carbocycles. The van der Waals surface area contributed by atoms with Crippen molar-refractivity contribution in [1.82, 2.24) is 19.6 Å². The zero-order valence-corrected chi connectivity index (χ0v) is 28.2. The molecule has 2 unspecified atom stereocenters. The first-order chi connectivity index (χ1) is 26.2. The summed E-state index contributed by atoms with van der Waals surface area (Å²) in [5.41, 5.74) is -2.94. The van der Waals surface area contributed by atoms with Gasteiger partial charge >= 0.3 is 24.3 Å². The molecule has 0 N–H and O–H groups in total. The van der Waals surface area contributed by atoms with Gasteiger partial charge in [-0.15, -0.1) is 0 Å². The molecule has 2 atom stereocenters. The summed E-state index contributed by atoms with van der Waals surface area (Å²) < 4.78 is 115. The Hall–Kier alpha value is -7.00. The number of hydrogen-bond donors (Lipinski definition) is 0. The largest absolute Gasteiger partial charge is 0.467 e. The van der Waals surface area contributed by atoms with Crippen molar-refractivity contribution in [2.75, 3.05) is 14.2 Å². The summed E-state index contributed by atoms with van der Waals surface area (Å²) in [5, 5.41) is 30.1. The van der Waals surface area contributed by atoms with E-state index in [9.17, 15) is 64.9 Å². The number of esters is 2. The van der Waals surface area contributed by atoms with Crippen LogP contribution in [0.15, 0.2) is 85.2 Å². The van der Waals surface area contributed by atoms with Crippen LogP contribution in [-0.4, -0.2) is 55.6 Å². The normalized spacial score (nSPS) is 12.8. The molecule has 0 fully saturated rings. The van der Waals surface area contributed by atoms with E-state index in [-0.39, 0.29) is 32.9 Å². The van der Waals surface area contributed by atoms with Gasteiger partial charge in [-0.2, -0.15) is 36.5 Å². The van der Waals surface area contributed by atoms with Crippen molar-refractivity contribution in [3.63, 3.8) is 0 Å². The van der Waals surface area contributed by atoms with Crippen LogP contribution in [0.5, 0.6) is 0 Å². The number of carbonyl (C=O) groups is 2. The number of non-ortho nitro benzene ring substituents is 2. The van der Waals surface area contributed by atoms with Crippen molar-refractivity contribution in [2.45, 2.75) is 24.4 Å². The number of aromatic nitrogens is 4. The topological polar surface area (TPSA) is 175 Å². The second kappa shape index (κ2) is 15.4. The summed E-state index contributed by atoms with van der Waals surface area (Å²) in [5.74, 6) is -3.59. The Morgan fingerprint density at radius 1 is 0.696 bits per heavy atom. The number of nitro groups is 2. The van der Waals surface area contributed by atoms with Gasteiger partial charge in [0, 0.05) is 18.3 Å². The zero-order chi connectivity index (χ0) is 41.3. The Bertz CT molecular complexity index is 2440. The second-order valence-corrected chi connectivity index (χ2v) is 11.5. The number of nitro benzene ring substituents is 2. The Labute approximate surface area is 306 Å². The molecule has 14 nitrogen and oxygen atoms in total. The lowest BCUT2D eigenvalue weighted by Crippen LogP contribution is -2.23. The third-order valence-electron chi connectivity index (χ3n) is 8.10. The molecule has 0 aliphatic carbocycles. The van der Waals surface area contributed by atoms with Crippen LogP contribution in [-0.2, 0) is 31.4 Å². The number of halogens is 8. The Morgan fingerprint density at radius 3 is 1.61 bits per heavy atom. The van der Waals surface area contributed by atoms with Crippen molar-refractivity contribution < 1.29 is 64.0 Å². The fourth-order valence-electron chi connectivity index (χ4n) is 5.53. The fraction of sp³-hybridized carbons (Fsp3) is 0.176. The zero-order valence-electron chi connectivity index (χ0n) is 28.2. The monoisotopic (exact) mass is 794 g/mol. The van der Waals surface area contributed by atoms with Gasteiger partial charge < -0.3 is 9.47 Å². The molecule has 56 heavy (non-hydrogen) atoms. The molecule has 0 saturated heterocycles. The Balaban J connectivity index is 0.000000214. The van der Waals surface area contributed by atoms with Gasteiger partial charge in [0.15, 0.2) is 12.1 Å². The number of benzene rings is 4. The van der Waals surface area contributed by atoms with Crippen molar-refractivity contribution in [3.8, 4) is 0 Å². The average molecular weight is 795 g/mol. The first-order valence-electron chi connectivity index (χ1n) is 15.4. The van der Waals surface area contributed by atoms with Crippen LogP contribution in [0.25, 0.3) is 21.8 Å². The quantitative estimate of drug-likeness (QED) is 0.0642. The number of alkyl halides is 6. The lowest BCUT2D eigenvalue weighted by Gasteiger charge is -2.17. The standard InChI is InChI=1S/2C17H11F4N3O4/c1-28-16(25)15(9-2-4-10(5-3-9)17(19,20)21)23-8-12-13(22-23)6-11(18)7-14(12)24(26)27;1-28-16(25)15(9-2-4-10(5-3-9)17(19,20)21)23-13-6-11(18)7-14(24(26)27)12(13)8-22-23/h2*2-8,15H,1H3. The van der Waals surface area contributed by atoms with Gasteiger partial charge in [-0.1, -0.05) is 24.3 Å². The fourth-order valence-corrected chi connectivity index (χ4v) is 5.53. The number of rotatable bonds is 8. The summed E-state index contributed by atoms with van der Waals surface area (Å²) in [6, 6.07) is 8.02. The molecule has 0 aliphatic heterocycles. The predicted molar refractivity (Wildman–Crippen MR) is 176 cm³/mol. The van der Waals surface area contributed by atoms with E-state index >= 15 is 0 Å². The SMILES string of the molecule is COC(=O)C(c1ccc(C(F)(F)F)cc1)n1cc2c([N+](=O)[O-])cc(F)cc2n1.COC(=O)C(c1ccc(C(F)(F)F)cc1)n1ncc2c([N+](=O)[O-])cc(F)cc21. The van der Waals surface area contributed by atoms with Crippen LogP contribution in [0.1, 0.15) is 34.3 Å². The van der Waals surface area contributed by atoms with E-state index in [1.807, 2.05) is 0 Å². The van der Waals surface area contributed by atoms with Gasteiger partial charge in [-0.3, -0.25) is 24.9 Å². The van der Waals surface area contributed by atoms with Crippen molar-refractivity contribution in [1.29, 1.82) is 0 Å². The van der Waals surface area contributed by atoms with Crippen LogP contribution in [0.4, 0.5) is 46.5 Å². The van der Waals surface area contributed by atoms with E-state index in [0.29, 0.717) is 12.1 Å². The lowest BCUT2D eigenvalue weighted by molar-refractivity contribution is -0.383. The molecular weight excluding hydrogens is 772 g/mol. The van der Waals surface area contributed by atoms with E-state index in [1.54, 1.807) is 0 Å². The summed E-state index contributed by atoms with van der Waals surface area (Å²) in [7, 11) is 2.14. The van der Waals surface area contributed by atoms with Crippen molar-refractivity contribution in [2.24, 2.45) is 0 Å². The number of carbonyl (C=O) groups excluding carboxylic acids is 2. The van der Waals surface area contributed by atoms with Crippen molar-refractivity contribution >= 4 is 45.1 Å². The Morgan fingerprint density at radius 2 is 1.14 bits per heavy atom. The molecule has 0 aliphatic rings. The van der Waals surface area contributed by atoms with Crippen LogP contribution < -0.4 is 0 Å². The maximum absolute atomic E-state index is 13.9. The molecule has 0 spiro atoms. The van der Waals surface area contributed by atoms with Gasteiger partial charge in [-0.05, 0) is 35.4 Å². The van der Waals surface area contributed by atoms with E-state index in [0.717, 1.165) is 96.6 Å². The van der Waals surface area contributed by atoms with E-state index < -0.39 is 80.4 Å². The van der Waals surface area contributed by atoms with Gasteiger partial charge in [0.2, 0.25) is 0 Å². The number of nitrogens with zero attached hydrogens (tertiary/aromatic N) is 6. The van der Waals surface area contributed by atoms with Crippen LogP contribution in [0.2, 0.25) is 0 Å². The highest BCUT2D eigenvalue weighted by atomic mass is 19.4. The molecule has 22 heteroatoms. The van der Waals surface area contributed by atoms with Crippen LogP contribution in [0.3, 0.4) is 0 Å². The summed E-state index contributed by atoms with van der Waals surface area (Å²) >= 11 is 0.